The molecule has 0 unspecified atom stereocenters. The molecule has 0 saturated carbocycles. The van der Waals surface area contributed by atoms with Crippen LogP contribution in [-0.4, -0.2) is 41.6 Å². The maximum absolute atomic E-state index is 11.7. The topological polar surface area (TPSA) is 69.6 Å². The van der Waals surface area contributed by atoms with E-state index in [-0.39, 0.29) is 18.4 Å². The van der Waals surface area contributed by atoms with Crippen molar-refractivity contribution in [1.82, 2.24) is 10.2 Å². The molecule has 0 bridgehead atoms. The molecule has 1 fully saturated rings. The number of likely N-dealkylation sites (tertiary alicyclic amines) is 1. The van der Waals surface area contributed by atoms with Crippen molar-refractivity contribution >= 4 is 27.9 Å². The molecule has 1 saturated heterocycles. The van der Waals surface area contributed by atoms with E-state index in [0.717, 1.165) is 17.3 Å². The number of carboxylic acid groups (broad SMARTS) is 1. The highest BCUT2D eigenvalue weighted by Crippen LogP contribution is 2.20. The molecule has 5 nitrogen and oxygen atoms in total. The van der Waals surface area contributed by atoms with E-state index in [9.17, 15) is 9.59 Å². The van der Waals surface area contributed by atoms with Crippen molar-refractivity contribution in [3.8, 4) is 0 Å². The van der Waals surface area contributed by atoms with Crippen LogP contribution in [0.3, 0.4) is 0 Å². The Morgan fingerprint density at radius 3 is 2.47 bits per heavy atom. The fourth-order valence-corrected chi connectivity index (χ4v) is 2.01. The smallest absolute Gasteiger partial charge is 0.317 e. The summed E-state index contributed by atoms with van der Waals surface area (Å²) in [7, 11) is 0. The molecule has 1 aliphatic heterocycles. The van der Waals surface area contributed by atoms with Crippen LogP contribution in [0, 0.1) is 5.92 Å². The highest BCUT2D eigenvalue weighted by Gasteiger charge is 2.23. The Morgan fingerprint density at radius 2 is 2.00 bits per heavy atom. The predicted octanol–water partition coefficient (Wildman–Crippen LogP) is 1.79. The molecule has 96 valence electrons. The Bertz CT molecular complexity index is 312. The van der Waals surface area contributed by atoms with Gasteiger partial charge < -0.3 is 15.3 Å². The van der Waals surface area contributed by atoms with Gasteiger partial charge in [0.25, 0.3) is 0 Å². The van der Waals surface area contributed by atoms with Gasteiger partial charge in [0, 0.05) is 24.0 Å². The van der Waals surface area contributed by atoms with Gasteiger partial charge in [-0.2, -0.15) is 0 Å². The van der Waals surface area contributed by atoms with Gasteiger partial charge in [-0.1, -0.05) is 22.5 Å². The SMILES string of the molecule is C=C(Br)CNC(=O)N1CCC(CC(=O)O)CC1. The number of nitrogens with zero attached hydrogens (tertiary/aromatic N) is 1. The molecule has 1 aliphatic rings. The lowest BCUT2D eigenvalue weighted by Crippen LogP contribution is -2.44. The zero-order valence-electron chi connectivity index (χ0n) is 9.62. The molecule has 0 aromatic rings. The van der Waals surface area contributed by atoms with Crippen LogP contribution in [-0.2, 0) is 4.79 Å². The van der Waals surface area contributed by atoms with Gasteiger partial charge in [-0.05, 0) is 18.8 Å². The molecular weight excluding hydrogens is 288 g/mol. The zero-order valence-corrected chi connectivity index (χ0v) is 11.2. The van der Waals surface area contributed by atoms with E-state index in [1.54, 1.807) is 4.90 Å². The average Bonchev–Trinajstić information content (AvgIpc) is 2.26. The molecule has 0 aromatic carbocycles. The van der Waals surface area contributed by atoms with Crippen molar-refractivity contribution in [3.05, 3.63) is 11.1 Å². The summed E-state index contributed by atoms with van der Waals surface area (Å²) in [5, 5.41) is 11.4. The molecular formula is C11H17BrN2O3. The molecule has 1 heterocycles. The predicted molar refractivity (Wildman–Crippen MR) is 68.0 cm³/mol. The van der Waals surface area contributed by atoms with Gasteiger partial charge in [-0.15, -0.1) is 0 Å². The van der Waals surface area contributed by atoms with Crippen LogP contribution in [0.2, 0.25) is 0 Å². The molecule has 0 aliphatic carbocycles. The van der Waals surface area contributed by atoms with Crippen LogP contribution in [0.25, 0.3) is 0 Å². The number of nitrogens with one attached hydrogen (secondary N) is 1. The Morgan fingerprint density at radius 1 is 1.41 bits per heavy atom. The van der Waals surface area contributed by atoms with Crippen LogP contribution in [0.4, 0.5) is 4.79 Å². The van der Waals surface area contributed by atoms with Crippen molar-refractivity contribution in [2.75, 3.05) is 19.6 Å². The van der Waals surface area contributed by atoms with E-state index in [1.807, 2.05) is 0 Å². The van der Waals surface area contributed by atoms with Gasteiger partial charge in [-0.3, -0.25) is 4.79 Å². The first-order valence-corrected chi connectivity index (χ1v) is 6.36. The number of urea groups is 1. The normalized spacial score (nSPS) is 16.6. The molecule has 2 N–H and O–H groups in total. The number of piperidine rings is 1. The van der Waals surface area contributed by atoms with E-state index >= 15 is 0 Å². The van der Waals surface area contributed by atoms with Gasteiger partial charge in [0.2, 0.25) is 0 Å². The van der Waals surface area contributed by atoms with Crippen molar-refractivity contribution in [2.24, 2.45) is 5.92 Å². The highest BCUT2D eigenvalue weighted by atomic mass is 79.9. The Balaban J connectivity index is 2.28. The monoisotopic (exact) mass is 304 g/mol. The van der Waals surface area contributed by atoms with E-state index in [0.29, 0.717) is 19.6 Å². The molecule has 0 aromatic heterocycles. The van der Waals surface area contributed by atoms with Gasteiger partial charge in [0.1, 0.15) is 0 Å². The summed E-state index contributed by atoms with van der Waals surface area (Å²) in [5.41, 5.74) is 0. The first kappa shape index (κ1) is 14.0. The van der Waals surface area contributed by atoms with Gasteiger partial charge in [-0.25, -0.2) is 4.79 Å². The summed E-state index contributed by atoms with van der Waals surface area (Å²) in [6.07, 6.45) is 1.72. The fourth-order valence-electron chi connectivity index (χ4n) is 1.87. The summed E-state index contributed by atoms with van der Waals surface area (Å²) >= 11 is 3.17. The van der Waals surface area contributed by atoms with E-state index < -0.39 is 5.97 Å². The van der Waals surface area contributed by atoms with Crippen molar-refractivity contribution in [3.63, 3.8) is 0 Å². The van der Waals surface area contributed by atoms with Crippen LogP contribution >= 0.6 is 15.9 Å². The first-order valence-electron chi connectivity index (χ1n) is 5.57. The number of hydrogen-bond acceptors (Lipinski definition) is 2. The average molecular weight is 305 g/mol. The van der Waals surface area contributed by atoms with Gasteiger partial charge >= 0.3 is 12.0 Å². The quantitative estimate of drug-likeness (QED) is 0.832. The number of amides is 2. The molecule has 0 spiro atoms. The van der Waals surface area contributed by atoms with Crippen molar-refractivity contribution in [1.29, 1.82) is 0 Å². The molecule has 0 radical (unpaired) electrons. The second-order valence-electron chi connectivity index (χ2n) is 4.20. The van der Waals surface area contributed by atoms with E-state index in [1.165, 1.54) is 0 Å². The molecule has 1 rings (SSSR count). The van der Waals surface area contributed by atoms with Crippen LogP contribution in [0.5, 0.6) is 0 Å². The number of rotatable bonds is 4. The largest absolute Gasteiger partial charge is 0.481 e. The number of hydrogen-bond donors (Lipinski definition) is 2. The molecule has 6 heteroatoms. The summed E-state index contributed by atoms with van der Waals surface area (Å²) in [6, 6.07) is -0.112. The number of aliphatic carboxylic acids is 1. The lowest BCUT2D eigenvalue weighted by Gasteiger charge is -2.31. The number of carbonyl (C=O) groups excluding carboxylic acids is 1. The molecule has 2 amide bonds. The van der Waals surface area contributed by atoms with Crippen molar-refractivity contribution in [2.45, 2.75) is 19.3 Å². The third-order valence-corrected chi connectivity index (χ3v) is 3.08. The lowest BCUT2D eigenvalue weighted by molar-refractivity contribution is -0.138. The summed E-state index contributed by atoms with van der Waals surface area (Å²) in [6.45, 7) is 5.29. The molecule has 0 atom stereocenters. The number of carboxylic acids is 1. The standard InChI is InChI=1S/C11H17BrN2O3/c1-8(12)7-13-11(17)14-4-2-9(3-5-14)6-10(15)16/h9H,1-7H2,(H,13,17)(H,15,16). The minimum absolute atomic E-state index is 0.112. The van der Waals surface area contributed by atoms with Crippen molar-refractivity contribution < 1.29 is 14.7 Å². The number of carbonyl (C=O) groups is 2. The first-order chi connectivity index (χ1) is 7.99. The second-order valence-corrected chi connectivity index (χ2v) is 5.33. The van der Waals surface area contributed by atoms with E-state index in [2.05, 4.69) is 27.8 Å². The Kier molecular flexibility index (Phi) is 5.47. The summed E-state index contributed by atoms with van der Waals surface area (Å²) < 4.78 is 0.728. The highest BCUT2D eigenvalue weighted by molar-refractivity contribution is 9.11. The second kappa shape index (κ2) is 6.64. The third-order valence-electron chi connectivity index (χ3n) is 2.80. The number of halogens is 1. The minimum Gasteiger partial charge on any atom is -0.481 e. The van der Waals surface area contributed by atoms with E-state index in [4.69, 9.17) is 5.11 Å². The van der Waals surface area contributed by atoms with Gasteiger partial charge in [0.05, 0.1) is 6.54 Å². The molecule has 17 heavy (non-hydrogen) atoms. The summed E-state index contributed by atoms with van der Waals surface area (Å²) in [5.74, 6) is -0.564. The van der Waals surface area contributed by atoms with Crippen LogP contribution in [0.15, 0.2) is 11.1 Å². The van der Waals surface area contributed by atoms with Crippen LogP contribution in [0.1, 0.15) is 19.3 Å². The van der Waals surface area contributed by atoms with Crippen LogP contribution < -0.4 is 5.32 Å². The Hall–Kier alpha value is -1.04. The lowest BCUT2D eigenvalue weighted by atomic mass is 9.94. The Labute approximate surface area is 109 Å². The summed E-state index contributed by atoms with van der Waals surface area (Å²) in [4.78, 5) is 23.9. The minimum atomic E-state index is -0.761. The fraction of sp³-hybridized carbons (Fsp3) is 0.636. The van der Waals surface area contributed by atoms with Gasteiger partial charge in [0.15, 0.2) is 0 Å². The zero-order chi connectivity index (χ0) is 12.8. The maximum atomic E-state index is 11.7. The third kappa shape index (κ3) is 5.21. The maximum Gasteiger partial charge on any atom is 0.317 e.